The summed E-state index contributed by atoms with van der Waals surface area (Å²) < 4.78 is 56.7. The van der Waals surface area contributed by atoms with Gasteiger partial charge in [0.1, 0.15) is 17.1 Å². The molecule has 0 aliphatic carbocycles. The topological polar surface area (TPSA) is 109 Å². The molecule has 0 aliphatic rings. The van der Waals surface area contributed by atoms with E-state index in [9.17, 15) is 32.9 Å². The molecule has 0 spiro atoms. The number of ether oxygens (including phenoxy) is 2. The quantitative estimate of drug-likeness (QED) is 0.136. The van der Waals surface area contributed by atoms with Crippen LogP contribution in [0, 0.1) is 24.0 Å². The summed E-state index contributed by atoms with van der Waals surface area (Å²) in [7, 11) is 0. The number of rotatable bonds is 5. The van der Waals surface area contributed by atoms with Gasteiger partial charge in [-0.3, -0.25) is 14.9 Å². The summed E-state index contributed by atoms with van der Waals surface area (Å²) in [5.41, 5.74) is -0.689. The van der Waals surface area contributed by atoms with Crippen molar-refractivity contribution in [2.75, 3.05) is 0 Å². The number of alkyl halides is 3. The van der Waals surface area contributed by atoms with E-state index in [0.29, 0.717) is 0 Å². The summed E-state index contributed by atoms with van der Waals surface area (Å²) in [5.74, 6) is -3.77. The molecule has 11 heteroatoms. The van der Waals surface area contributed by atoms with Crippen LogP contribution in [-0.4, -0.2) is 10.9 Å². The van der Waals surface area contributed by atoms with Gasteiger partial charge in [0.05, 0.1) is 15.9 Å². The van der Waals surface area contributed by atoms with Crippen LogP contribution in [0.4, 0.5) is 18.9 Å². The predicted molar refractivity (Wildman–Crippen MR) is 122 cm³/mol. The lowest BCUT2D eigenvalue weighted by Crippen LogP contribution is -2.15. The average Bonchev–Trinajstić information content (AvgIpc) is 2.81. The van der Waals surface area contributed by atoms with Crippen LogP contribution >= 0.6 is 0 Å². The molecule has 0 radical (unpaired) electrons. The third-order valence-corrected chi connectivity index (χ3v) is 5.16. The fourth-order valence-corrected chi connectivity index (χ4v) is 3.38. The molecule has 0 N–H and O–H groups in total. The molecule has 36 heavy (non-hydrogen) atoms. The molecule has 0 fully saturated rings. The number of carbonyl (C=O) groups excluding carboxylic acids is 1. The van der Waals surface area contributed by atoms with Gasteiger partial charge in [-0.25, -0.2) is 4.79 Å². The van der Waals surface area contributed by atoms with Gasteiger partial charge in [-0.15, -0.1) is 0 Å². The number of benzene rings is 3. The Morgan fingerprint density at radius 2 is 1.64 bits per heavy atom. The van der Waals surface area contributed by atoms with E-state index in [4.69, 9.17) is 13.9 Å². The van der Waals surface area contributed by atoms with Gasteiger partial charge in [-0.1, -0.05) is 17.7 Å². The molecule has 4 aromatic rings. The van der Waals surface area contributed by atoms with Crippen LogP contribution in [0.1, 0.15) is 27.2 Å². The molecule has 4 rings (SSSR count). The number of carbonyl (C=O) groups is 1. The largest absolute Gasteiger partial charge is 0.453 e. The molecule has 0 unspecified atom stereocenters. The lowest BCUT2D eigenvalue weighted by molar-refractivity contribution is -0.385. The molecule has 8 nitrogen and oxygen atoms in total. The summed E-state index contributed by atoms with van der Waals surface area (Å²) in [4.78, 5) is 35.7. The fourth-order valence-electron chi connectivity index (χ4n) is 3.38. The number of nitro benzene ring substituents is 1. The van der Waals surface area contributed by atoms with Crippen molar-refractivity contribution in [2.45, 2.75) is 20.0 Å². The fraction of sp³-hybridized carbons (Fsp3) is 0.120. The Labute approximate surface area is 200 Å². The van der Waals surface area contributed by atoms with Crippen molar-refractivity contribution in [1.82, 2.24) is 0 Å². The lowest BCUT2D eigenvalue weighted by atomic mass is 10.1. The molecule has 1 heterocycles. The number of fused-ring (bicyclic) bond motifs is 1. The van der Waals surface area contributed by atoms with E-state index in [0.717, 1.165) is 23.8 Å². The van der Waals surface area contributed by atoms with Crippen LogP contribution in [-0.2, 0) is 6.18 Å². The predicted octanol–water partition coefficient (Wildman–Crippen LogP) is 6.35. The van der Waals surface area contributed by atoms with Crippen molar-refractivity contribution in [3.8, 4) is 17.2 Å². The Bertz CT molecular complexity index is 1560. The van der Waals surface area contributed by atoms with Gasteiger partial charge < -0.3 is 13.9 Å². The Balaban J connectivity index is 1.71. The standard InChI is InChI=1S/C25H16F3NO7/c1-13-3-6-16(7-4-13)34-22-21(30)18-9-8-17(12-20(18)36-23(22)25(26,27)28)35-24(31)15-5-10-19(29(32)33)14(2)11-15/h3-12H,1-2H3. The molecular weight excluding hydrogens is 483 g/mol. The van der Waals surface area contributed by atoms with E-state index in [1.807, 2.05) is 0 Å². The number of halogens is 3. The van der Waals surface area contributed by atoms with E-state index in [2.05, 4.69) is 0 Å². The Morgan fingerprint density at radius 1 is 0.972 bits per heavy atom. The highest BCUT2D eigenvalue weighted by molar-refractivity contribution is 5.92. The lowest BCUT2D eigenvalue weighted by Gasteiger charge is -2.14. The van der Waals surface area contributed by atoms with Gasteiger partial charge in [-0.05, 0) is 50.2 Å². The van der Waals surface area contributed by atoms with Crippen molar-refractivity contribution >= 4 is 22.6 Å². The maximum Gasteiger partial charge on any atom is 0.453 e. The number of nitro groups is 1. The van der Waals surface area contributed by atoms with E-state index in [-0.39, 0.29) is 33.7 Å². The first-order valence-electron chi connectivity index (χ1n) is 10.3. The Hall–Kier alpha value is -4.67. The normalized spacial score (nSPS) is 11.4. The SMILES string of the molecule is Cc1ccc(Oc2c(C(F)(F)F)oc3cc(OC(=O)c4ccc([N+](=O)[O-])c(C)c4)ccc3c2=O)cc1. The van der Waals surface area contributed by atoms with Crippen LogP contribution in [0.2, 0.25) is 0 Å². The zero-order chi connectivity index (χ0) is 26.2. The van der Waals surface area contributed by atoms with E-state index in [1.165, 1.54) is 37.3 Å². The summed E-state index contributed by atoms with van der Waals surface area (Å²) in [5, 5.41) is 10.7. The second-order valence-electron chi connectivity index (χ2n) is 7.81. The van der Waals surface area contributed by atoms with Gasteiger partial charge in [0.15, 0.2) is 0 Å². The molecule has 0 amide bonds. The van der Waals surface area contributed by atoms with E-state index in [1.54, 1.807) is 19.1 Å². The zero-order valence-electron chi connectivity index (χ0n) is 18.7. The molecule has 1 aromatic heterocycles. The second kappa shape index (κ2) is 9.17. The van der Waals surface area contributed by atoms with Crippen LogP contribution in [0.15, 0.2) is 69.9 Å². The molecule has 0 saturated carbocycles. The van der Waals surface area contributed by atoms with Gasteiger partial charge in [-0.2, -0.15) is 13.2 Å². The Morgan fingerprint density at radius 3 is 2.25 bits per heavy atom. The first kappa shape index (κ1) is 24.5. The minimum Gasteiger partial charge on any atom is -0.449 e. The molecule has 0 saturated heterocycles. The van der Waals surface area contributed by atoms with E-state index < -0.39 is 39.6 Å². The highest BCUT2D eigenvalue weighted by Crippen LogP contribution is 2.38. The van der Waals surface area contributed by atoms with Crippen molar-refractivity contribution in [1.29, 1.82) is 0 Å². The zero-order valence-corrected chi connectivity index (χ0v) is 18.7. The Kier molecular flexibility index (Phi) is 6.23. The van der Waals surface area contributed by atoms with Gasteiger partial charge >= 0.3 is 12.1 Å². The van der Waals surface area contributed by atoms with Crippen molar-refractivity contribution < 1.29 is 36.8 Å². The van der Waals surface area contributed by atoms with Crippen LogP contribution in [0.25, 0.3) is 11.0 Å². The van der Waals surface area contributed by atoms with Crippen molar-refractivity contribution in [2.24, 2.45) is 0 Å². The molecule has 0 atom stereocenters. The number of hydrogen-bond acceptors (Lipinski definition) is 7. The van der Waals surface area contributed by atoms with Gasteiger partial charge in [0, 0.05) is 17.7 Å². The van der Waals surface area contributed by atoms with Crippen LogP contribution in [0.3, 0.4) is 0 Å². The molecule has 0 aliphatic heterocycles. The summed E-state index contributed by atoms with van der Waals surface area (Å²) in [6.45, 7) is 3.22. The minimum absolute atomic E-state index is 0.0155. The number of nitrogens with zero attached hydrogens (tertiary/aromatic N) is 1. The highest BCUT2D eigenvalue weighted by Gasteiger charge is 2.40. The highest BCUT2D eigenvalue weighted by atomic mass is 19.4. The maximum absolute atomic E-state index is 13.7. The number of hydrogen-bond donors (Lipinski definition) is 0. The third kappa shape index (κ3) is 4.90. The van der Waals surface area contributed by atoms with Crippen LogP contribution < -0.4 is 14.9 Å². The van der Waals surface area contributed by atoms with E-state index >= 15 is 0 Å². The first-order valence-corrected chi connectivity index (χ1v) is 10.3. The van der Waals surface area contributed by atoms with Crippen molar-refractivity contribution in [3.63, 3.8) is 0 Å². The number of esters is 1. The summed E-state index contributed by atoms with van der Waals surface area (Å²) in [6.07, 6.45) is -5.06. The molecule has 0 bridgehead atoms. The molecule has 3 aromatic carbocycles. The van der Waals surface area contributed by atoms with Crippen molar-refractivity contribution in [3.05, 3.63) is 103 Å². The molecule has 184 valence electrons. The average molecular weight is 499 g/mol. The minimum atomic E-state index is -5.06. The second-order valence-corrected chi connectivity index (χ2v) is 7.81. The maximum atomic E-state index is 13.7. The number of aryl methyl sites for hydroxylation is 2. The van der Waals surface area contributed by atoms with Gasteiger partial charge in [0.25, 0.3) is 11.4 Å². The molecular formula is C25H16F3NO7. The monoisotopic (exact) mass is 499 g/mol. The summed E-state index contributed by atoms with van der Waals surface area (Å²) in [6, 6.07) is 12.9. The first-order chi connectivity index (χ1) is 16.9. The smallest absolute Gasteiger partial charge is 0.449 e. The third-order valence-electron chi connectivity index (χ3n) is 5.16. The summed E-state index contributed by atoms with van der Waals surface area (Å²) >= 11 is 0. The van der Waals surface area contributed by atoms with Gasteiger partial charge in [0.2, 0.25) is 11.2 Å². The van der Waals surface area contributed by atoms with Crippen LogP contribution in [0.5, 0.6) is 17.2 Å².